The van der Waals surface area contributed by atoms with Crippen molar-refractivity contribution in [1.29, 1.82) is 0 Å². The lowest BCUT2D eigenvalue weighted by Gasteiger charge is -2.12. The molecule has 6 heteroatoms. The van der Waals surface area contributed by atoms with Crippen molar-refractivity contribution in [3.63, 3.8) is 0 Å². The summed E-state index contributed by atoms with van der Waals surface area (Å²) in [6.07, 6.45) is 0. The highest BCUT2D eigenvalue weighted by atomic mass is 16.5. The minimum Gasteiger partial charge on any atom is -0.426 e. The second-order valence-electron chi connectivity index (χ2n) is 4.41. The number of ether oxygens (including phenoxy) is 1. The number of pyridine rings is 2. The Morgan fingerprint density at radius 1 is 1.16 bits per heavy atom. The van der Waals surface area contributed by atoms with E-state index in [1.807, 2.05) is 0 Å². The lowest BCUT2D eigenvalue weighted by molar-refractivity contribution is -0.131. The van der Waals surface area contributed by atoms with Crippen molar-refractivity contribution in [2.24, 2.45) is 14.1 Å². The smallest absolute Gasteiger partial charge is 0.308 e. The minimum absolute atomic E-state index is 0.00574. The van der Waals surface area contributed by atoms with E-state index in [0.29, 0.717) is 11.2 Å². The third kappa shape index (κ3) is 2.05. The molecular weight excluding hydrogens is 248 g/mol. The molecule has 0 radical (unpaired) electrons. The average molecular weight is 262 g/mol. The van der Waals surface area contributed by atoms with Crippen molar-refractivity contribution in [2.75, 3.05) is 0 Å². The standard InChI is InChI=1S/C13H14N2O4/c1-7-5-9-12(13(18)14(7)3)10(19-8(2)16)6-11(17)15(9)4/h5-6H,1-4H3. The number of aromatic nitrogens is 2. The fourth-order valence-electron chi connectivity index (χ4n) is 1.94. The Morgan fingerprint density at radius 3 is 2.37 bits per heavy atom. The van der Waals surface area contributed by atoms with Crippen molar-refractivity contribution in [3.8, 4) is 5.75 Å². The van der Waals surface area contributed by atoms with E-state index in [-0.39, 0.29) is 22.3 Å². The van der Waals surface area contributed by atoms with Gasteiger partial charge in [-0.3, -0.25) is 14.4 Å². The number of rotatable bonds is 1. The quantitative estimate of drug-likeness (QED) is 0.700. The second-order valence-corrected chi connectivity index (χ2v) is 4.41. The molecule has 100 valence electrons. The fourth-order valence-corrected chi connectivity index (χ4v) is 1.94. The summed E-state index contributed by atoms with van der Waals surface area (Å²) in [6, 6.07) is 2.87. The highest BCUT2D eigenvalue weighted by molar-refractivity contribution is 5.87. The van der Waals surface area contributed by atoms with E-state index in [9.17, 15) is 14.4 Å². The first kappa shape index (κ1) is 13.1. The molecule has 0 N–H and O–H groups in total. The zero-order valence-corrected chi connectivity index (χ0v) is 11.2. The average Bonchev–Trinajstić information content (AvgIpc) is 2.31. The van der Waals surface area contributed by atoms with Crippen molar-refractivity contribution in [1.82, 2.24) is 9.13 Å². The van der Waals surface area contributed by atoms with Crippen LogP contribution in [0.2, 0.25) is 0 Å². The molecule has 0 aliphatic rings. The van der Waals surface area contributed by atoms with Gasteiger partial charge in [-0.2, -0.15) is 0 Å². The molecule has 19 heavy (non-hydrogen) atoms. The van der Waals surface area contributed by atoms with Gasteiger partial charge < -0.3 is 13.9 Å². The third-order valence-corrected chi connectivity index (χ3v) is 3.10. The number of nitrogens with zero attached hydrogens (tertiary/aromatic N) is 2. The number of aryl methyl sites for hydroxylation is 2. The molecule has 0 spiro atoms. The van der Waals surface area contributed by atoms with Gasteiger partial charge in [0.2, 0.25) is 0 Å². The first-order chi connectivity index (χ1) is 8.82. The molecule has 0 aromatic carbocycles. The van der Waals surface area contributed by atoms with Crippen LogP contribution in [-0.4, -0.2) is 15.1 Å². The maximum Gasteiger partial charge on any atom is 0.308 e. The van der Waals surface area contributed by atoms with Gasteiger partial charge in [0.25, 0.3) is 11.1 Å². The number of carbonyl (C=O) groups is 1. The molecule has 0 amide bonds. The second kappa shape index (κ2) is 4.38. The first-order valence-corrected chi connectivity index (χ1v) is 5.71. The van der Waals surface area contributed by atoms with Gasteiger partial charge in [-0.15, -0.1) is 0 Å². The molecule has 0 bridgehead atoms. The molecule has 2 rings (SSSR count). The molecule has 2 aromatic heterocycles. The molecular formula is C13H14N2O4. The van der Waals surface area contributed by atoms with Gasteiger partial charge in [-0.05, 0) is 13.0 Å². The lowest BCUT2D eigenvalue weighted by atomic mass is 10.2. The van der Waals surface area contributed by atoms with Gasteiger partial charge in [0.1, 0.15) is 5.39 Å². The zero-order chi connectivity index (χ0) is 14.3. The summed E-state index contributed by atoms with van der Waals surface area (Å²) in [4.78, 5) is 35.2. The van der Waals surface area contributed by atoms with Crippen LogP contribution in [0.1, 0.15) is 12.6 Å². The summed E-state index contributed by atoms with van der Waals surface area (Å²) >= 11 is 0. The van der Waals surface area contributed by atoms with E-state index in [1.165, 1.54) is 16.1 Å². The lowest BCUT2D eigenvalue weighted by Crippen LogP contribution is -2.25. The fraction of sp³-hybridized carbons (Fsp3) is 0.308. The van der Waals surface area contributed by atoms with Crippen LogP contribution in [-0.2, 0) is 18.9 Å². The van der Waals surface area contributed by atoms with Crippen LogP contribution in [0.5, 0.6) is 5.75 Å². The molecule has 0 unspecified atom stereocenters. The van der Waals surface area contributed by atoms with E-state index < -0.39 is 5.97 Å². The number of hydrogen-bond acceptors (Lipinski definition) is 4. The van der Waals surface area contributed by atoms with Crippen molar-refractivity contribution in [3.05, 3.63) is 38.5 Å². The van der Waals surface area contributed by atoms with Gasteiger partial charge in [-0.1, -0.05) is 0 Å². The van der Waals surface area contributed by atoms with E-state index in [4.69, 9.17) is 4.74 Å². The Bertz CT molecular complexity index is 799. The number of hydrogen-bond donors (Lipinski definition) is 0. The van der Waals surface area contributed by atoms with Gasteiger partial charge in [0, 0.05) is 32.8 Å². The Labute approximate surface area is 108 Å². The molecule has 0 saturated heterocycles. The van der Waals surface area contributed by atoms with Crippen LogP contribution in [0.4, 0.5) is 0 Å². The van der Waals surface area contributed by atoms with Crippen LogP contribution < -0.4 is 15.9 Å². The van der Waals surface area contributed by atoms with E-state index in [1.54, 1.807) is 27.1 Å². The molecule has 0 aliphatic carbocycles. The topological polar surface area (TPSA) is 70.3 Å². The maximum absolute atomic E-state index is 12.3. The molecule has 0 fully saturated rings. The van der Waals surface area contributed by atoms with Gasteiger partial charge in [0.05, 0.1) is 5.52 Å². The summed E-state index contributed by atoms with van der Waals surface area (Å²) in [5.41, 5.74) is 0.523. The third-order valence-electron chi connectivity index (χ3n) is 3.10. The molecule has 0 saturated carbocycles. The predicted molar refractivity (Wildman–Crippen MR) is 70.5 cm³/mol. The summed E-state index contributed by atoms with van der Waals surface area (Å²) < 4.78 is 7.78. The van der Waals surface area contributed by atoms with E-state index in [2.05, 4.69) is 0 Å². The summed E-state index contributed by atoms with van der Waals surface area (Å²) in [5, 5.41) is 0.227. The van der Waals surface area contributed by atoms with Crippen molar-refractivity contribution < 1.29 is 9.53 Å². The Kier molecular flexibility index (Phi) is 3.01. The van der Waals surface area contributed by atoms with E-state index >= 15 is 0 Å². The molecule has 2 heterocycles. The number of esters is 1. The highest BCUT2D eigenvalue weighted by Gasteiger charge is 2.15. The summed E-state index contributed by atoms with van der Waals surface area (Å²) in [6.45, 7) is 2.99. The summed E-state index contributed by atoms with van der Waals surface area (Å²) in [7, 11) is 3.20. The largest absolute Gasteiger partial charge is 0.426 e. The van der Waals surface area contributed by atoms with E-state index in [0.717, 1.165) is 6.07 Å². The van der Waals surface area contributed by atoms with Crippen molar-refractivity contribution >= 4 is 16.9 Å². The zero-order valence-electron chi connectivity index (χ0n) is 11.2. The predicted octanol–water partition coefficient (Wildman–Crippen LogP) is 0.471. The van der Waals surface area contributed by atoms with Crippen LogP contribution in [0.15, 0.2) is 21.7 Å². The maximum atomic E-state index is 12.3. The van der Waals surface area contributed by atoms with Crippen molar-refractivity contribution in [2.45, 2.75) is 13.8 Å². The Morgan fingerprint density at radius 2 is 1.79 bits per heavy atom. The number of fused-ring (bicyclic) bond motifs is 1. The van der Waals surface area contributed by atoms with Crippen LogP contribution >= 0.6 is 0 Å². The van der Waals surface area contributed by atoms with Gasteiger partial charge >= 0.3 is 5.97 Å². The Balaban J connectivity index is 3.03. The molecule has 0 atom stereocenters. The summed E-state index contributed by atoms with van der Waals surface area (Å²) in [5.74, 6) is -0.566. The van der Waals surface area contributed by atoms with Crippen LogP contribution in [0, 0.1) is 6.92 Å². The number of carbonyl (C=O) groups excluding carboxylic acids is 1. The minimum atomic E-state index is -0.572. The van der Waals surface area contributed by atoms with Crippen LogP contribution in [0.25, 0.3) is 10.9 Å². The molecule has 2 aromatic rings. The first-order valence-electron chi connectivity index (χ1n) is 5.71. The molecule has 0 aliphatic heterocycles. The SMILES string of the molecule is CC(=O)Oc1cc(=O)n(C)c2cc(C)n(C)c(=O)c12. The van der Waals surface area contributed by atoms with Crippen LogP contribution in [0.3, 0.4) is 0 Å². The highest BCUT2D eigenvalue weighted by Crippen LogP contribution is 2.20. The van der Waals surface area contributed by atoms with Gasteiger partial charge in [0.15, 0.2) is 5.75 Å². The Hall–Kier alpha value is -2.37. The normalized spacial score (nSPS) is 10.7. The molecule has 6 nitrogen and oxygen atoms in total. The monoisotopic (exact) mass is 262 g/mol. The van der Waals surface area contributed by atoms with Gasteiger partial charge in [-0.25, -0.2) is 0 Å².